The van der Waals surface area contributed by atoms with Crippen LogP contribution < -0.4 is 5.73 Å². The van der Waals surface area contributed by atoms with Crippen LogP contribution in [-0.2, 0) is 0 Å². The van der Waals surface area contributed by atoms with Crippen molar-refractivity contribution in [1.29, 1.82) is 0 Å². The summed E-state index contributed by atoms with van der Waals surface area (Å²) in [6.45, 7) is 5.25. The van der Waals surface area contributed by atoms with Crippen LogP contribution in [-0.4, -0.2) is 50.7 Å². The number of H-pyrrole nitrogens is 1. The van der Waals surface area contributed by atoms with Gasteiger partial charge in [-0.3, -0.25) is 9.89 Å². The van der Waals surface area contributed by atoms with E-state index in [2.05, 4.69) is 15.0 Å². The summed E-state index contributed by atoms with van der Waals surface area (Å²) in [5.41, 5.74) is 6.91. The fraction of sp³-hybridized carbons (Fsp3) is 0.474. The molecule has 2 aromatic heterocycles. The number of aromatic amines is 1. The Balaban J connectivity index is 1.67. The highest BCUT2D eigenvalue weighted by molar-refractivity contribution is 6.05. The number of nitrogens with two attached hydrogens (primary N) is 1. The standard InChI is InChI=1S/C19H23F2N5O/c1-19(2,21)10-25-5-3-11(4-6-25)14-9-23-26-16-13(17(22)27)7-12(20)8-15(16)24-18(14)26/h7-9,11,23H,3-6,10H2,1-2H3,(H2,22,27). The number of amides is 1. The maximum Gasteiger partial charge on any atom is 0.251 e. The quantitative estimate of drug-likeness (QED) is 0.736. The Morgan fingerprint density at radius 3 is 2.70 bits per heavy atom. The summed E-state index contributed by atoms with van der Waals surface area (Å²) in [5.74, 6) is -0.961. The normalized spacial score (nSPS) is 17.2. The second kappa shape index (κ2) is 6.30. The largest absolute Gasteiger partial charge is 0.366 e. The van der Waals surface area contributed by atoms with Crippen LogP contribution >= 0.6 is 0 Å². The van der Waals surface area contributed by atoms with E-state index >= 15 is 0 Å². The van der Waals surface area contributed by atoms with Gasteiger partial charge in [0.05, 0.1) is 11.1 Å². The van der Waals surface area contributed by atoms with Gasteiger partial charge >= 0.3 is 0 Å². The SMILES string of the molecule is CC(C)(F)CN1CCC(c2c[nH]n3c2nc2cc(F)cc(C(N)=O)c23)CC1. The number of hydrogen-bond donors (Lipinski definition) is 2. The molecule has 0 radical (unpaired) electrons. The van der Waals surface area contributed by atoms with Crippen molar-refractivity contribution in [2.24, 2.45) is 5.73 Å². The van der Waals surface area contributed by atoms with Crippen LogP contribution in [0.2, 0.25) is 0 Å². The number of benzene rings is 1. The molecule has 1 aliphatic rings. The minimum atomic E-state index is -1.20. The minimum absolute atomic E-state index is 0.103. The predicted molar refractivity (Wildman–Crippen MR) is 99.1 cm³/mol. The first kappa shape index (κ1) is 17.9. The number of halogens is 2. The summed E-state index contributed by atoms with van der Waals surface area (Å²) in [6, 6.07) is 2.44. The molecule has 4 rings (SSSR count). The molecule has 27 heavy (non-hydrogen) atoms. The third-order valence-corrected chi connectivity index (χ3v) is 5.22. The molecule has 3 heterocycles. The van der Waals surface area contributed by atoms with Crippen LogP contribution in [0.1, 0.15) is 48.5 Å². The van der Waals surface area contributed by atoms with Gasteiger partial charge < -0.3 is 10.6 Å². The van der Waals surface area contributed by atoms with Gasteiger partial charge in [-0.15, -0.1) is 0 Å². The molecule has 3 N–H and O–H groups in total. The first-order valence-corrected chi connectivity index (χ1v) is 9.13. The lowest BCUT2D eigenvalue weighted by Crippen LogP contribution is -2.40. The molecule has 0 atom stereocenters. The van der Waals surface area contributed by atoms with Crippen molar-refractivity contribution in [3.63, 3.8) is 0 Å². The van der Waals surface area contributed by atoms with Crippen molar-refractivity contribution < 1.29 is 13.6 Å². The van der Waals surface area contributed by atoms with Crippen molar-refractivity contribution in [2.75, 3.05) is 19.6 Å². The third kappa shape index (κ3) is 3.29. The molecule has 1 amide bonds. The van der Waals surface area contributed by atoms with Gasteiger partial charge in [0.1, 0.15) is 17.0 Å². The van der Waals surface area contributed by atoms with Gasteiger partial charge in [0, 0.05) is 24.4 Å². The minimum Gasteiger partial charge on any atom is -0.366 e. The summed E-state index contributed by atoms with van der Waals surface area (Å²) >= 11 is 0. The van der Waals surface area contributed by atoms with Gasteiger partial charge in [0.2, 0.25) is 0 Å². The molecule has 6 nitrogen and oxygen atoms in total. The summed E-state index contributed by atoms with van der Waals surface area (Å²) in [6.07, 6.45) is 3.67. The molecule has 1 aromatic carbocycles. The van der Waals surface area contributed by atoms with Crippen LogP contribution in [0, 0.1) is 5.82 Å². The Hall–Kier alpha value is -2.48. The average Bonchev–Trinajstić information content (AvgIpc) is 3.12. The lowest BCUT2D eigenvalue weighted by atomic mass is 9.90. The Bertz CT molecular complexity index is 1010. The predicted octanol–water partition coefficient (Wildman–Crippen LogP) is 2.98. The van der Waals surface area contributed by atoms with E-state index in [1.807, 2.05) is 6.20 Å². The smallest absolute Gasteiger partial charge is 0.251 e. The zero-order valence-corrected chi connectivity index (χ0v) is 15.4. The molecular weight excluding hydrogens is 352 g/mol. The van der Waals surface area contributed by atoms with E-state index in [1.165, 1.54) is 6.07 Å². The number of fused-ring (bicyclic) bond motifs is 3. The van der Waals surface area contributed by atoms with Crippen molar-refractivity contribution >= 4 is 22.6 Å². The Morgan fingerprint density at radius 1 is 1.37 bits per heavy atom. The van der Waals surface area contributed by atoms with Crippen molar-refractivity contribution in [3.05, 3.63) is 35.3 Å². The highest BCUT2D eigenvalue weighted by Gasteiger charge is 2.28. The zero-order valence-electron chi connectivity index (χ0n) is 15.4. The number of imidazole rings is 1. The fourth-order valence-corrected chi connectivity index (χ4v) is 4.12. The van der Waals surface area contributed by atoms with Crippen molar-refractivity contribution in [2.45, 2.75) is 38.3 Å². The first-order chi connectivity index (χ1) is 12.7. The average molecular weight is 375 g/mol. The molecule has 0 bridgehead atoms. The second-order valence-corrected chi connectivity index (χ2v) is 7.95. The molecule has 1 fully saturated rings. The molecule has 0 saturated carbocycles. The molecule has 0 unspecified atom stereocenters. The Morgan fingerprint density at radius 2 is 2.07 bits per heavy atom. The van der Waals surface area contributed by atoms with E-state index in [0.29, 0.717) is 23.2 Å². The monoisotopic (exact) mass is 375 g/mol. The van der Waals surface area contributed by atoms with E-state index in [4.69, 9.17) is 5.73 Å². The van der Waals surface area contributed by atoms with E-state index in [-0.39, 0.29) is 11.5 Å². The van der Waals surface area contributed by atoms with Crippen LogP contribution in [0.15, 0.2) is 18.3 Å². The van der Waals surface area contributed by atoms with Gasteiger partial charge in [-0.1, -0.05) is 0 Å². The van der Waals surface area contributed by atoms with Gasteiger partial charge in [0.15, 0.2) is 5.65 Å². The number of nitrogens with zero attached hydrogens (tertiary/aromatic N) is 3. The van der Waals surface area contributed by atoms with E-state index in [9.17, 15) is 13.6 Å². The van der Waals surface area contributed by atoms with Crippen molar-refractivity contribution in [3.8, 4) is 0 Å². The fourth-order valence-electron chi connectivity index (χ4n) is 4.12. The maximum atomic E-state index is 13.9. The topological polar surface area (TPSA) is 79.4 Å². The number of carbonyl (C=O) groups is 1. The summed E-state index contributed by atoms with van der Waals surface area (Å²) in [7, 11) is 0. The van der Waals surface area contributed by atoms with E-state index in [1.54, 1.807) is 18.4 Å². The van der Waals surface area contributed by atoms with Gasteiger partial charge in [-0.05, 0) is 51.8 Å². The number of carbonyl (C=O) groups excluding carboxylic acids is 1. The number of nitrogens with one attached hydrogen (secondary N) is 1. The molecule has 0 spiro atoms. The molecule has 144 valence electrons. The van der Waals surface area contributed by atoms with E-state index in [0.717, 1.165) is 37.6 Å². The molecule has 0 aliphatic carbocycles. The van der Waals surface area contributed by atoms with Crippen LogP contribution in [0.25, 0.3) is 16.7 Å². The molecule has 3 aromatic rings. The highest BCUT2D eigenvalue weighted by atomic mass is 19.1. The number of aromatic nitrogens is 3. The van der Waals surface area contributed by atoms with Crippen molar-refractivity contribution in [1.82, 2.24) is 19.5 Å². The van der Waals surface area contributed by atoms with Crippen LogP contribution in [0.5, 0.6) is 0 Å². The summed E-state index contributed by atoms with van der Waals surface area (Å²) in [4.78, 5) is 18.4. The first-order valence-electron chi connectivity index (χ1n) is 9.13. The summed E-state index contributed by atoms with van der Waals surface area (Å²) < 4.78 is 29.4. The Labute approximate surface area is 155 Å². The highest BCUT2D eigenvalue weighted by Crippen LogP contribution is 2.33. The summed E-state index contributed by atoms with van der Waals surface area (Å²) in [5, 5.41) is 3.12. The third-order valence-electron chi connectivity index (χ3n) is 5.22. The number of rotatable bonds is 4. The van der Waals surface area contributed by atoms with Crippen LogP contribution in [0.3, 0.4) is 0 Å². The number of hydrogen-bond acceptors (Lipinski definition) is 3. The zero-order chi connectivity index (χ0) is 19.3. The lowest BCUT2D eigenvalue weighted by molar-refractivity contribution is 0.100. The Kier molecular flexibility index (Phi) is 4.18. The van der Waals surface area contributed by atoms with Gasteiger partial charge in [-0.2, -0.15) is 0 Å². The second-order valence-electron chi connectivity index (χ2n) is 7.95. The van der Waals surface area contributed by atoms with Crippen LogP contribution in [0.4, 0.5) is 8.78 Å². The molecule has 8 heteroatoms. The van der Waals surface area contributed by atoms with E-state index < -0.39 is 17.4 Å². The van der Waals surface area contributed by atoms with Gasteiger partial charge in [-0.25, -0.2) is 18.3 Å². The number of primary amides is 1. The molecule has 1 saturated heterocycles. The maximum absolute atomic E-state index is 13.9. The molecule has 1 aliphatic heterocycles. The number of piperidine rings is 1. The number of likely N-dealkylation sites (tertiary alicyclic amines) is 1. The lowest BCUT2D eigenvalue weighted by Gasteiger charge is -2.34. The molecular formula is C19H23F2N5O. The van der Waals surface area contributed by atoms with Gasteiger partial charge in [0.25, 0.3) is 5.91 Å². The number of alkyl halides is 1.